The molecule has 1 aliphatic rings. The van der Waals surface area contributed by atoms with Crippen molar-refractivity contribution in [3.8, 4) is 0 Å². The van der Waals surface area contributed by atoms with Crippen molar-refractivity contribution >= 4 is 17.9 Å². The minimum absolute atomic E-state index is 0.0269. The number of amides is 3. The number of nitrogens with zero attached hydrogens (tertiary/aromatic N) is 2. The number of aliphatic hydroxyl groups is 1. The van der Waals surface area contributed by atoms with Crippen molar-refractivity contribution in [1.29, 1.82) is 0 Å². The van der Waals surface area contributed by atoms with Gasteiger partial charge in [0.1, 0.15) is 6.04 Å². The molecule has 0 bridgehead atoms. The minimum atomic E-state index is -1.19. The molecule has 0 spiro atoms. The van der Waals surface area contributed by atoms with Crippen molar-refractivity contribution in [2.24, 2.45) is 5.73 Å². The standard InChI is InChI=1S/C12H22N4O5/c13-10(18)2-1-9(11(19)20)14-12(21)16-5-3-15(4-6-16)7-8-17/h9,17H,1-8H2,(H2,13,18)(H,14,21)(H,19,20)/t9-/m0/s1. The van der Waals surface area contributed by atoms with Gasteiger partial charge in [0.15, 0.2) is 0 Å². The molecule has 0 unspecified atom stereocenters. The first-order valence-corrected chi connectivity index (χ1v) is 6.83. The highest BCUT2D eigenvalue weighted by atomic mass is 16.4. The van der Waals surface area contributed by atoms with E-state index in [1.54, 1.807) is 0 Å². The molecule has 1 rings (SSSR count). The second-order valence-electron chi connectivity index (χ2n) is 4.90. The van der Waals surface area contributed by atoms with Crippen LogP contribution in [0.15, 0.2) is 0 Å². The van der Waals surface area contributed by atoms with Crippen molar-refractivity contribution in [2.45, 2.75) is 18.9 Å². The summed E-state index contributed by atoms with van der Waals surface area (Å²) >= 11 is 0. The van der Waals surface area contributed by atoms with E-state index in [1.165, 1.54) is 4.90 Å². The van der Waals surface area contributed by atoms with Crippen molar-refractivity contribution in [3.63, 3.8) is 0 Å². The molecule has 120 valence electrons. The Labute approximate surface area is 122 Å². The van der Waals surface area contributed by atoms with Gasteiger partial charge in [-0.1, -0.05) is 0 Å². The molecule has 1 saturated heterocycles. The first-order chi connectivity index (χ1) is 9.93. The first kappa shape index (κ1) is 17.2. The van der Waals surface area contributed by atoms with E-state index in [-0.39, 0.29) is 19.4 Å². The summed E-state index contributed by atoms with van der Waals surface area (Å²) in [5.41, 5.74) is 4.98. The average molecular weight is 302 g/mol. The third-order valence-corrected chi connectivity index (χ3v) is 3.35. The number of aliphatic carboxylic acids is 1. The SMILES string of the molecule is NC(=O)CC[C@H](NC(=O)N1CCN(CCO)CC1)C(=O)O. The number of carbonyl (C=O) groups excluding carboxylic acids is 2. The van der Waals surface area contributed by atoms with E-state index in [0.29, 0.717) is 32.7 Å². The van der Waals surface area contributed by atoms with Crippen molar-refractivity contribution in [2.75, 3.05) is 39.3 Å². The van der Waals surface area contributed by atoms with Gasteiger partial charge >= 0.3 is 12.0 Å². The molecule has 0 aromatic rings. The molecular formula is C12H22N4O5. The van der Waals surface area contributed by atoms with E-state index in [9.17, 15) is 14.4 Å². The summed E-state index contributed by atoms with van der Waals surface area (Å²) in [4.78, 5) is 37.3. The Morgan fingerprint density at radius 2 is 1.81 bits per heavy atom. The molecule has 0 saturated carbocycles. The van der Waals surface area contributed by atoms with E-state index in [4.69, 9.17) is 15.9 Å². The smallest absolute Gasteiger partial charge is 0.326 e. The van der Waals surface area contributed by atoms with Crippen LogP contribution < -0.4 is 11.1 Å². The second kappa shape index (κ2) is 8.42. The van der Waals surface area contributed by atoms with Crippen molar-refractivity contribution in [3.05, 3.63) is 0 Å². The van der Waals surface area contributed by atoms with Crippen LogP contribution in [-0.4, -0.2) is 83.3 Å². The number of nitrogens with two attached hydrogens (primary N) is 1. The molecule has 0 aliphatic carbocycles. The number of aliphatic hydroxyl groups excluding tert-OH is 1. The lowest BCUT2D eigenvalue weighted by molar-refractivity contribution is -0.139. The third kappa shape index (κ3) is 5.96. The predicted molar refractivity (Wildman–Crippen MR) is 73.5 cm³/mol. The molecule has 0 aromatic carbocycles. The maximum atomic E-state index is 12.0. The zero-order valence-electron chi connectivity index (χ0n) is 11.8. The maximum absolute atomic E-state index is 12.0. The van der Waals surface area contributed by atoms with E-state index < -0.39 is 23.9 Å². The number of piperazine rings is 1. The number of β-amino-alcohol motifs (C(OH)–C–C–N with tert-alkyl or cyclic N) is 1. The Morgan fingerprint density at radius 1 is 1.19 bits per heavy atom. The molecular weight excluding hydrogens is 280 g/mol. The van der Waals surface area contributed by atoms with Crippen molar-refractivity contribution < 1.29 is 24.6 Å². The number of rotatable bonds is 7. The molecule has 9 nitrogen and oxygen atoms in total. The number of carboxylic acids is 1. The Kier molecular flexibility index (Phi) is 6.89. The topological polar surface area (TPSA) is 136 Å². The summed E-state index contributed by atoms with van der Waals surface area (Å²) < 4.78 is 0. The van der Waals surface area contributed by atoms with Gasteiger partial charge in [-0.2, -0.15) is 0 Å². The van der Waals surface area contributed by atoms with Gasteiger partial charge < -0.3 is 26.2 Å². The number of hydrogen-bond donors (Lipinski definition) is 4. The molecule has 1 fully saturated rings. The summed E-state index contributed by atoms with van der Waals surface area (Å²) in [6.07, 6.45) is -0.123. The van der Waals surface area contributed by atoms with Crippen LogP contribution in [0.3, 0.4) is 0 Å². The zero-order chi connectivity index (χ0) is 15.8. The summed E-state index contributed by atoms with van der Waals surface area (Å²) in [6.45, 7) is 2.83. The van der Waals surface area contributed by atoms with E-state index >= 15 is 0 Å². The molecule has 1 atom stereocenters. The molecule has 3 amide bonds. The van der Waals surface area contributed by atoms with Crippen LogP contribution in [0.25, 0.3) is 0 Å². The van der Waals surface area contributed by atoms with E-state index in [2.05, 4.69) is 5.32 Å². The lowest BCUT2D eigenvalue weighted by Gasteiger charge is -2.34. The normalized spacial score (nSPS) is 17.3. The Bertz CT molecular complexity index is 382. The van der Waals surface area contributed by atoms with E-state index in [0.717, 1.165) is 0 Å². The number of carboxylic acid groups (broad SMARTS) is 1. The lowest BCUT2D eigenvalue weighted by atomic mass is 10.1. The van der Waals surface area contributed by atoms with Crippen LogP contribution in [0.4, 0.5) is 4.79 Å². The van der Waals surface area contributed by atoms with Crippen molar-refractivity contribution in [1.82, 2.24) is 15.1 Å². The van der Waals surface area contributed by atoms with Crippen LogP contribution in [0.2, 0.25) is 0 Å². The summed E-state index contributed by atoms with van der Waals surface area (Å²) in [7, 11) is 0. The van der Waals surface area contributed by atoms with Crippen LogP contribution in [0.5, 0.6) is 0 Å². The molecule has 5 N–H and O–H groups in total. The summed E-state index contributed by atoms with van der Waals surface area (Å²) in [5, 5.41) is 20.3. The van der Waals surface area contributed by atoms with Gasteiger partial charge in [-0.15, -0.1) is 0 Å². The third-order valence-electron chi connectivity index (χ3n) is 3.35. The molecule has 0 radical (unpaired) electrons. The molecule has 1 heterocycles. The van der Waals surface area contributed by atoms with Gasteiger partial charge in [0, 0.05) is 39.1 Å². The number of nitrogens with one attached hydrogen (secondary N) is 1. The molecule has 21 heavy (non-hydrogen) atoms. The van der Waals surface area contributed by atoms with Gasteiger partial charge in [-0.25, -0.2) is 9.59 Å². The number of urea groups is 1. The fourth-order valence-corrected chi connectivity index (χ4v) is 2.10. The minimum Gasteiger partial charge on any atom is -0.480 e. The molecule has 0 aromatic heterocycles. The number of carbonyl (C=O) groups is 3. The highest BCUT2D eigenvalue weighted by Gasteiger charge is 2.25. The van der Waals surface area contributed by atoms with Crippen LogP contribution in [-0.2, 0) is 9.59 Å². The lowest BCUT2D eigenvalue weighted by Crippen LogP contribution is -2.55. The highest BCUT2D eigenvalue weighted by molar-refractivity contribution is 5.83. The highest BCUT2D eigenvalue weighted by Crippen LogP contribution is 2.04. The average Bonchev–Trinajstić information content (AvgIpc) is 2.43. The Balaban J connectivity index is 2.43. The number of hydrogen-bond acceptors (Lipinski definition) is 5. The maximum Gasteiger partial charge on any atom is 0.326 e. The summed E-state index contributed by atoms with van der Waals surface area (Å²) in [5.74, 6) is -1.79. The largest absolute Gasteiger partial charge is 0.480 e. The van der Waals surface area contributed by atoms with Gasteiger partial charge in [0.05, 0.1) is 6.61 Å². The monoisotopic (exact) mass is 302 g/mol. The molecule has 9 heteroatoms. The fraction of sp³-hybridized carbons (Fsp3) is 0.750. The van der Waals surface area contributed by atoms with Gasteiger partial charge in [-0.05, 0) is 6.42 Å². The number of primary amides is 1. The Morgan fingerprint density at radius 3 is 2.29 bits per heavy atom. The van der Waals surface area contributed by atoms with Gasteiger partial charge in [-0.3, -0.25) is 9.69 Å². The Hall–Kier alpha value is -1.87. The van der Waals surface area contributed by atoms with Crippen LogP contribution in [0, 0.1) is 0 Å². The predicted octanol–water partition coefficient (Wildman–Crippen LogP) is -1.98. The quantitative estimate of drug-likeness (QED) is 0.430. The second-order valence-corrected chi connectivity index (χ2v) is 4.90. The van der Waals surface area contributed by atoms with Gasteiger partial charge in [0.2, 0.25) is 5.91 Å². The molecule has 1 aliphatic heterocycles. The van der Waals surface area contributed by atoms with Crippen LogP contribution >= 0.6 is 0 Å². The van der Waals surface area contributed by atoms with Crippen LogP contribution in [0.1, 0.15) is 12.8 Å². The first-order valence-electron chi connectivity index (χ1n) is 6.83. The fourth-order valence-electron chi connectivity index (χ4n) is 2.10. The van der Waals surface area contributed by atoms with Gasteiger partial charge in [0.25, 0.3) is 0 Å². The zero-order valence-corrected chi connectivity index (χ0v) is 11.8. The van der Waals surface area contributed by atoms with E-state index in [1.807, 2.05) is 4.90 Å². The summed E-state index contributed by atoms with van der Waals surface area (Å²) in [6, 6.07) is -1.59.